The van der Waals surface area contributed by atoms with Crippen molar-refractivity contribution in [1.82, 2.24) is 9.29 Å². The van der Waals surface area contributed by atoms with Crippen molar-refractivity contribution in [2.24, 2.45) is 0 Å². The first-order valence-corrected chi connectivity index (χ1v) is 6.48. The van der Waals surface area contributed by atoms with Crippen molar-refractivity contribution < 1.29 is 27.3 Å². The SMILES string of the molecule is O=S(=O)(c1[c-]cccn1)N1CCCCC1.[Li+]. The number of hydrogen-bond acceptors (Lipinski definition) is 3. The van der Waals surface area contributed by atoms with Crippen LogP contribution in [0.2, 0.25) is 0 Å². The van der Waals surface area contributed by atoms with E-state index in [0.717, 1.165) is 19.3 Å². The van der Waals surface area contributed by atoms with Crippen LogP contribution in [0.25, 0.3) is 0 Å². The van der Waals surface area contributed by atoms with Crippen molar-refractivity contribution in [3.05, 3.63) is 24.4 Å². The molecule has 1 aliphatic rings. The number of aromatic nitrogens is 1. The maximum absolute atomic E-state index is 12.0. The molecule has 0 aliphatic carbocycles. The Balaban J connectivity index is 0.00000128. The van der Waals surface area contributed by atoms with Crippen LogP contribution in [0.5, 0.6) is 0 Å². The number of sulfonamides is 1. The number of piperidine rings is 1. The molecule has 16 heavy (non-hydrogen) atoms. The van der Waals surface area contributed by atoms with E-state index in [1.165, 1.54) is 10.5 Å². The summed E-state index contributed by atoms with van der Waals surface area (Å²) in [4.78, 5) is 3.84. The van der Waals surface area contributed by atoms with Crippen LogP contribution in [0.15, 0.2) is 23.4 Å². The molecule has 1 saturated heterocycles. The van der Waals surface area contributed by atoms with Gasteiger partial charge in [0.25, 0.3) is 0 Å². The van der Waals surface area contributed by atoms with Gasteiger partial charge in [0.15, 0.2) is 0 Å². The molecule has 2 heterocycles. The van der Waals surface area contributed by atoms with Crippen LogP contribution in [0, 0.1) is 6.07 Å². The van der Waals surface area contributed by atoms with Gasteiger partial charge in [-0.25, -0.2) is 20.6 Å². The fraction of sp³-hybridized carbons (Fsp3) is 0.500. The minimum Gasteiger partial charge on any atom is -0.283 e. The van der Waals surface area contributed by atoms with E-state index in [2.05, 4.69) is 11.1 Å². The molecule has 6 heteroatoms. The Morgan fingerprint density at radius 3 is 2.50 bits per heavy atom. The molecule has 82 valence electrons. The summed E-state index contributed by atoms with van der Waals surface area (Å²) in [5.74, 6) is 0. The van der Waals surface area contributed by atoms with Crippen LogP contribution < -0.4 is 18.9 Å². The second-order valence-electron chi connectivity index (χ2n) is 3.55. The van der Waals surface area contributed by atoms with Gasteiger partial charge in [0.05, 0.1) is 5.03 Å². The summed E-state index contributed by atoms with van der Waals surface area (Å²) in [5, 5.41) is 0.0342. The van der Waals surface area contributed by atoms with Crippen LogP contribution in [0.3, 0.4) is 0 Å². The van der Waals surface area contributed by atoms with Crippen molar-refractivity contribution in [2.75, 3.05) is 13.1 Å². The average Bonchev–Trinajstić information content (AvgIpc) is 2.31. The average molecular weight is 232 g/mol. The minimum absolute atomic E-state index is 0. The molecule has 0 atom stereocenters. The van der Waals surface area contributed by atoms with Gasteiger partial charge in [0.1, 0.15) is 0 Å². The molecule has 0 spiro atoms. The predicted octanol–water partition coefficient (Wildman–Crippen LogP) is -1.94. The van der Waals surface area contributed by atoms with E-state index in [1.807, 2.05) is 0 Å². The summed E-state index contributed by atoms with van der Waals surface area (Å²) in [6.45, 7) is 1.21. The van der Waals surface area contributed by atoms with Gasteiger partial charge in [-0.15, -0.1) is 0 Å². The first-order valence-electron chi connectivity index (χ1n) is 5.04. The van der Waals surface area contributed by atoms with E-state index in [9.17, 15) is 8.42 Å². The van der Waals surface area contributed by atoms with Crippen LogP contribution in [-0.4, -0.2) is 30.8 Å². The van der Waals surface area contributed by atoms with E-state index >= 15 is 0 Å². The van der Waals surface area contributed by atoms with Crippen LogP contribution in [0.1, 0.15) is 19.3 Å². The zero-order valence-corrected chi connectivity index (χ0v) is 10.2. The van der Waals surface area contributed by atoms with Gasteiger partial charge < -0.3 is 0 Å². The topological polar surface area (TPSA) is 50.3 Å². The first-order chi connectivity index (χ1) is 7.21. The monoisotopic (exact) mass is 232 g/mol. The van der Waals surface area contributed by atoms with E-state index in [4.69, 9.17) is 0 Å². The molecule has 0 bridgehead atoms. The van der Waals surface area contributed by atoms with Gasteiger partial charge in [-0.05, 0) is 12.8 Å². The van der Waals surface area contributed by atoms with Crippen molar-refractivity contribution in [3.63, 3.8) is 0 Å². The largest absolute Gasteiger partial charge is 1.00 e. The summed E-state index contributed by atoms with van der Waals surface area (Å²) >= 11 is 0. The summed E-state index contributed by atoms with van der Waals surface area (Å²) < 4.78 is 25.5. The molecule has 1 fully saturated rings. The van der Waals surface area contributed by atoms with Gasteiger partial charge in [-0.3, -0.25) is 4.98 Å². The molecule has 0 unspecified atom stereocenters. The first kappa shape index (κ1) is 13.7. The standard InChI is InChI=1S/C10H13N2O2S.Li/c13-15(14,10-6-2-3-7-11-10)12-8-4-1-5-9-12;/h2-3,7H,1,4-5,8-9H2;/q-1;+1. The van der Waals surface area contributed by atoms with E-state index in [0.29, 0.717) is 13.1 Å². The summed E-state index contributed by atoms with van der Waals surface area (Å²) in [7, 11) is -3.40. The second-order valence-corrected chi connectivity index (χ2v) is 5.40. The number of hydrogen-bond donors (Lipinski definition) is 0. The maximum Gasteiger partial charge on any atom is 1.00 e. The zero-order chi connectivity index (χ0) is 10.7. The summed E-state index contributed by atoms with van der Waals surface area (Å²) in [6.07, 6.45) is 4.46. The smallest absolute Gasteiger partial charge is 0.283 e. The number of rotatable bonds is 2. The van der Waals surface area contributed by atoms with E-state index in [1.54, 1.807) is 12.1 Å². The molecule has 4 nitrogen and oxygen atoms in total. The Hall–Kier alpha value is -0.343. The Bertz CT molecular complexity index is 416. The third kappa shape index (κ3) is 2.86. The molecule has 0 N–H and O–H groups in total. The van der Waals surface area contributed by atoms with Crippen molar-refractivity contribution in [1.29, 1.82) is 0 Å². The molecule has 0 aromatic carbocycles. The zero-order valence-electron chi connectivity index (χ0n) is 9.39. The molecule has 0 saturated carbocycles. The van der Waals surface area contributed by atoms with E-state index in [-0.39, 0.29) is 23.9 Å². The van der Waals surface area contributed by atoms with Gasteiger partial charge >= 0.3 is 18.9 Å². The molecule has 1 aliphatic heterocycles. The van der Waals surface area contributed by atoms with Crippen molar-refractivity contribution in [3.8, 4) is 0 Å². The van der Waals surface area contributed by atoms with Crippen molar-refractivity contribution >= 4 is 10.0 Å². The molecule has 0 amide bonds. The molecule has 2 rings (SSSR count). The molecular formula is C10H13LiN2O2S. The molecule has 1 aromatic heterocycles. The van der Waals surface area contributed by atoms with Crippen molar-refractivity contribution in [2.45, 2.75) is 24.3 Å². The van der Waals surface area contributed by atoms with Gasteiger partial charge in [0, 0.05) is 13.1 Å². The third-order valence-electron chi connectivity index (χ3n) is 2.48. The molecule has 0 radical (unpaired) electrons. The minimum atomic E-state index is -3.40. The Kier molecular flexibility index (Phi) is 5.00. The van der Waals surface area contributed by atoms with Gasteiger partial charge in [0.2, 0.25) is 10.0 Å². The normalized spacial score (nSPS) is 17.8. The molecular weight excluding hydrogens is 219 g/mol. The van der Waals surface area contributed by atoms with Gasteiger partial charge in [-0.2, -0.15) is 10.4 Å². The second kappa shape index (κ2) is 5.83. The summed E-state index contributed by atoms with van der Waals surface area (Å²) in [6, 6.07) is 5.90. The fourth-order valence-corrected chi connectivity index (χ4v) is 3.07. The fourth-order valence-electron chi connectivity index (χ4n) is 1.68. The summed E-state index contributed by atoms with van der Waals surface area (Å²) in [5.41, 5.74) is 0. The third-order valence-corrected chi connectivity index (χ3v) is 4.24. The Morgan fingerprint density at radius 2 is 1.94 bits per heavy atom. The maximum atomic E-state index is 12.0. The van der Waals surface area contributed by atoms with Gasteiger partial charge in [-0.1, -0.05) is 12.6 Å². The van der Waals surface area contributed by atoms with Crippen LogP contribution >= 0.6 is 0 Å². The Morgan fingerprint density at radius 1 is 1.25 bits per heavy atom. The number of pyridine rings is 1. The quantitative estimate of drug-likeness (QED) is 0.440. The Labute approximate surface area is 108 Å². The van der Waals surface area contributed by atoms with Crippen LogP contribution in [0.4, 0.5) is 0 Å². The predicted molar refractivity (Wildman–Crippen MR) is 55.7 cm³/mol. The number of nitrogens with zero attached hydrogens (tertiary/aromatic N) is 2. The van der Waals surface area contributed by atoms with Crippen LogP contribution in [-0.2, 0) is 10.0 Å². The van der Waals surface area contributed by atoms with E-state index < -0.39 is 10.0 Å². The molecule has 1 aromatic rings.